The van der Waals surface area contributed by atoms with Gasteiger partial charge in [0.15, 0.2) is 0 Å². The van der Waals surface area contributed by atoms with Gasteiger partial charge in [-0.3, -0.25) is 4.90 Å². The van der Waals surface area contributed by atoms with Crippen molar-refractivity contribution in [2.45, 2.75) is 45.7 Å². The second-order valence-electron chi connectivity index (χ2n) is 5.16. The first-order valence-corrected chi connectivity index (χ1v) is 7.18. The molecule has 3 heteroatoms. The first-order chi connectivity index (χ1) is 9.01. The van der Waals surface area contributed by atoms with Crippen molar-refractivity contribution in [3.63, 3.8) is 0 Å². The molecule has 0 spiro atoms. The van der Waals surface area contributed by atoms with Crippen LogP contribution < -0.4 is 10.5 Å². The highest BCUT2D eigenvalue weighted by Gasteiger charge is 2.34. The first-order valence-electron chi connectivity index (χ1n) is 7.18. The molecule has 2 atom stereocenters. The van der Waals surface area contributed by atoms with Crippen molar-refractivity contribution in [3.8, 4) is 5.75 Å². The second-order valence-corrected chi connectivity index (χ2v) is 5.16. The Morgan fingerprint density at radius 2 is 1.89 bits per heavy atom. The van der Waals surface area contributed by atoms with Crippen molar-refractivity contribution in [3.05, 3.63) is 29.8 Å². The Morgan fingerprint density at radius 3 is 2.37 bits per heavy atom. The molecular formula is C16H28N2O. The molecule has 0 amide bonds. The maximum absolute atomic E-state index is 6.67. The largest absolute Gasteiger partial charge is 0.497 e. The Morgan fingerprint density at radius 1 is 1.26 bits per heavy atom. The van der Waals surface area contributed by atoms with Gasteiger partial charge in [0.25, 0.3) is 0 Å². The van der Waals surface area contributed by atoms with Crippen LogP contribution in [0.15, 0.2) is 24.3 Å². The third-order valence-corrected chi connectivity index (χ3v) is 4.02. The number of benzene rings is 1. The average Bonchev–Trinajstić information content (AvgIpc) is 2.44. The number of likely N-dealkylation sites (N-methyl/N-ethyl adjacent to an activating group) is 1. The van der Waals surface area contributed by atoms with Gasteiger partial charge in [0.1, 0.15) is 5.75 Å². The highest BCUT2D eigenvalue weighted by atomic mass is 16.5. The maximum Gasteiger partial charge on any atom is 0.119 e. The minimum Gasteiger partial charge on any atom is -0.497 e. The molecule has 19 heavy (non-hydrogen) atoms. The van der Waals surface area contributed by atoms with Crippen molar-refractivity contribution in [1.29, 1.82) is 0 Å². The number of hydrogen-bond acceptors (Lipinski definition) is 3. The van der Waals surface area contributed by atoms with Gasteiger partial charge in [-0.25, -0.2) is 0 Å². The van der Waals surface area contributed by atoms with Crippen molar-refractivity contribution < 1.29 is 4.74 Å². The zero-order valence-electron chi connectivity index (χ0n) is 12.9. The number of rotatable bonds is 7. The van der Waals surface area contributed by atoms with Crippen LogP contribution in [0.5, 0.6) is 5.75 Å². The molecule has 1 aromatic rings. The molecule has 1 aromatic carbocycles. The highest BCUT2D eigenvalue weighted by Crippen LogP contribution is 2.29. The number of methoxy groups -OCH3 is 1. The first kappa shape index (κ1) is 16.0. The summed E-state index contributed by atoms with van der Waals surface area (Å²) < 4.78 is 5.31. The van der Waals surface area contributed by atoms with Crippen LogP contribution in [0.3, 0.4) is 0 Å². The van der Waals surface area contributed by atoms with Crippen LogP contribution in [0.4, 0.5) is 0 Å². The minimum absolute atomic E-state index is 0.328. The third kappa shape index (κ3) is 3.48. The molecule has 0 aromatic heterocycles. The third-order valence-electron chi connectivity index (χ3n) is 4.02. The molecule has 0 aliphatic rings. The molecular weight excluding hydrogens is 236 g/mol. The van der Waals surface area contributed by atoms with E-state index in [2.05, 4.69) is 38.7 Å². The van der Waals surface area contributed by atoms with Gasteiger partial charge in [-0.05, 0) is 44.1 Å². The van der Waals surface area contributed by atoms with E-state index in [1.807, 2.05) is 18.2 Å². The molecule has 3 nitrogen and oxygen atoms in total. The molecule has 0 heterocycles. The zero-order valence-corrected chi connectivity index (χ0v) is 12.9. The topological polar surface area (TPSA) is 38.5 Å². The van der Waals surface area contributed by atoms with E-state index in [4.69, 9.17) is 10.5 Å². The summed E-state index contributed by atoms with van der Waals surface area (Å²) in [6.45, 7) is 10.7. The van der Waals surface area contributed by atoms with E-state index in [1.165, 1.54) is 0 Å². The molecule has 108 valence electrons. The average molecular weight is 264 g/mol. The fraction of sp³-hybridized carbons (Fsp3) is 0.625. The van der Waals surface area contributed by atoms with Crippen molar-refractivity contribution in [2.75, 3.05) is 20.2 Å². The van der Waals surface area contributed by atoms with Gasteiger partial charge in [-0.15, -0.1) is 0 Å². The van der Waals surface area contributed by atoms with Gasteiger partial charge in [0.05, 0.1) is 12.6 Å². The van der Waals surface area contributed by atoms with Crippen molar-refractivity contribution in [2.24, 2.45) is 5.73 Å². The van der Waals surface area contributed by atoms with Gasteiger partial charge in [0.2, 0.25) is 0 Å². The highest BCUT2D eigenvalue weighted by molar-refractivity contribution is 5.34. The van der Waals surface area contributed by atoms with E-state index in [0.29, 0.717) is 6.04 Å². The SMILES string of the molecule is CCC(N(CC)CC)C(C)(N)c1cccc(OC)c1. The van der Waals surface area contributed by atoms with Crippen molar-refractivity contribution in [1.82, 2.24) is 4.90 Å². The smallest absolute Gasteiger partial charge is 0.119 e. The molecule has 0 saturated heterocycles. The van der Waals surface area contributed by atoms with E-state index in [9.17, 15) is 0 Å². The Labute approximate surface area is 117 Å². The number of nitrogens with zero attached hydrogens (tertiary/aromatic N) is 1. The molecule has 2 N–H and O–H groups in total. The van der Waals surface area contributed by atoms with Gasteiger partial charge >= 0.3 is 0 Å². The lowest BCUT2D eigenvalue weighted by atomic mass is 9.83. The van der Waals surface area contributed by atoms with Crippen LogP contribution in [0.25, 0.3) is 0 Å². The normalized spacial score (nSPS) is 16.2. The van der Waals surface area contributed by atoms with E-state index in [0.717, 1.165) is 30.8 Å². The maximum atomic E-state index is 6.67. The van der Waals surface area contributed by atoms with Gasteiger partial charge < -0.3 is 10.5 Å². The predicted octanol–water partition coefficient (Wildman–Crippen LogP) is 2.99. The van der Waals surface area contributed by atoms with E-state index >= 15 is 0 Å². The Balaban J connectivity index is 3.11. The quantitative estimate of drug-likeness (QED) is 0.823. The zero-order chi connectivity index (χ0) is 14.5. The van der Waals surface area contributed by atoms with Crippen LogP contribution in [0.1, 0.15) is 39.7 Å². The van der Waals surface area contributed by atoms with E-state index < -0.39 is 0 Å². The predicted molar refractivity (Wildman–Crippen MR) is 81.5 cm³/mol. The number of nitrogens with two attached hydrogens (primary N) is 1. The summed E-state index contributed by atoms with van der Waals surface area (Å²) in [7, 11) is 1.69. The molecule has 0 bridgehead atoms. The molecule has 0 radical (unpaired) electrons. The van der Waals surface area contributed by atoms with Crippen molar-refractivity contribution >= 4 is 0 Å². The standard InChI is InChI=1S/C16H28N2O/c1-6-15(18(7-2)8-3)16(4,17)13-10-9-11-14(12-13)19-5/h9-12,15H,6-8,17H2,1-5H3. The van der Waals surface area contributed by atoms with Crippen LogP contribution in [-0.2, 0) is 5.54 Å². The van der Waals surface area contributed by atoms with E-state index in [-0.39, 0.29) is 5.54 Å². The van der Waals surface area contributed by atoms with E-state index in [1.54, 1.807) is 7.11 Å². The molecule has 0 aliphatic heterocycles. The van der Waals surface area contributed by atoms with Crippen LogP contribution >= 0.6 is 0 Å². The summed E-state index contributed by atoms with van der Waals surface area (Å²) >= 11 is 0. The molecule has 0 saturated carbocycles. The summed E-state index contributed by atoms with van der Waals surface area (Å²) in [6.07, 6.45) is 1.03. The van der Waals surface area contributed by atoms with Crippen LogP contribution in [0.2, 0.25) is 0 Å². The lowest BCUT2D eigenvalue weighted by Crippen LogP contribution is -2.54. The Kier molecular flexibility index (Phi) is 5.83. The number of hydrogen-bond donors (Lipinski definition) is 1. The minimum atomic E-state index is -0.380. The van der Waals surface area contributed by atoms with Gasteiger partial charge in [-0.2, -0.15) is 0 Å². The lowest BCUT2D eigenvalue weighted by molar-refractivity contribution is 0.135. The van der Waals surface area contributed by atoms with Crippen LogP contribution in [-0.4, -0.2) is 31.1 Å². The summed E-state index contributed by atoms with van der Waals surface area (Å²) in [6, 6.07) is 8.43. The van der Waals surface area contributed by atoms with Gasteiger partial charge in [0, 0.05) is 6.04 Å². The monoisotopic (exact) mass is 264 g/mol. The summed E-state index contributed by atoms with van der Waals surface area (Å²) in [5, 5.41) is 0. The fourth-order valence-electron chi connectivity index (χ4n) is 2.88. The van der Waals surface area contributed by atoms with Gasteiger partial charge in [-0.1, -0.05) is 32.9 Å². The molecule has 0 fully saturated rings. The van der Waals surface area contributed by atoms with Crippen LogP contribution in [0, 0.1) is 0 Å². The summed E-state index contributed by atoms with van der Waals surface area (Å²) in [5.41, 5.74) is 7.42. The molecule has 1 rings (SSSR count). The Bertz CT molecular complexity index is 386. The lowest BCUT2D eigenvalue weighted by Gasteiger charge is -2.41. The molecule has 2 unspecified atom stereocenters. The summed E-state index contributed by atoms with van der Waals surface area (Å²) in [5.74, 6) is 0.864. The Hall–Kier alpha value is -1.06. The fourth-order valence-corrected chi connectivity index (χ4v) is 2.88. The summed E-state index contributed by atoms with van der Waals surface area (Å²) in [4.78, 5) is 2.43. The second kappa shape index (κ2) is 6.92. The number of ether oxygens (including phenoxy) is 1. The molecule has 0 aliphatic carbocycles.